The van der Waals surface area contributed by atoms with Gasteiger partial charge in [0.15, 0.2) is 0 Å². The normalized spacial score (nSPS) is 13.8. The van der Waals surface area contributed by atoms with Gasteiger partial charge in [0.1, 0.15) is 11.5 Å². The number of nitroso groups, excluding NO2 is 1. The molecule has 23 heavy (non-hydrogen) atoms. The van der Waals surface area contributed by atoms with E-state index < -0.39 is 0 Å². The van der Waals surface area contributed by atoms with Crippen LogP contribution in [0.25, 0.3) is 0 Å². The van der Waals surface area contributed by atoms with Crippen molar-refractivity contribution >= 4 is 38.9 Å². The minimum atomic E-state index is -0.0661. The minimum Gasteiger partial charge on any atom is -0.397 e. The maximum Gasteiger partial charge on any atom is 0.222 e. The van der Waals surface area contributed by atoms with E-state index in [1.165, 1.54) is 12.8 Å². The highest BCUT2D eigenvalue weighted by Crippen LogP contribution is 2.33. The molecule has 0 aromatic carbocycles. The van der Waals surface area contributed by atoms with Crippen molar-refractivity contribution in [2.24, 2.45) is 5.18 Å². The van der Waals surface area contributed by atoms with Crippen LogP contribution in [0.4, 0.5) is 23.0 Å². The average Bonchev–Trinajstić information content (AvgIpc) is 3.34. The van der Waals surface area contributed by atoms with Crippen molar-refractivity contribution in [2.45, 2.75) is 32.2 Å². The van der Waals surface area contributed by atoms with E-state index in [1.54, 1.807) is 6.92 Å². The molecule has 3 rings (SSSR count). The van der Waals surface area contributed by atoms with Gasteiger partial charge in [-0.1, -0.05) is 0 Å². The number of anilines is 3. The molecule has 2 aromatic rings. The lowest BCUT2D eigenvalue weighted by Crippen LogP contribution is -2.08. The van der Waals surface area contributed by atoms with Gasteiger partial charge in [0.25, 0.3) is 0 Å². The molecule has 2 aromatic heterocycles. The summed E-state index contributed by atoms with van der Waals surface area (Å²) < 4.78 is 0.927. The highest BCUT2D eigenvalue weighted by atomic mass is 79.9. The second kappa shape index (κ2) is 6.11. The molecule has 5 N–H and O–H groups in total. The molecule has 2 heterocycles. The first kappa shape index (κ1) is 15.7. The van der Waals surface area contributed by atoms with Crippen LogP contribution in [0.3, 0.4) is 0 Å². The number of halogens is 1. The molecule has 1 aliphatic carbocycles. The fourth-order valence-corrected chi connectivity index (χ4v) is 2.68. The third-order valence-corrected chi connectivity index (χ3v) is 4.47. The van der Waals surface area contributed by atoms with E-state index >= 15 is 0 Å². The molecule has 1 saturated carbocycles. The summed E-state index contributed by atoms with van der Waals surface area (Å²) in [6, 6.07) is 4.39. The maximum atomic E-state index is 10.7. The van der Waals surface area contributed by atoms with Crippen molar-refractivity contribution in [1.82, 2.24) is 9.97 Å². The van der Waals surface area contributed by atoms with Gasteiger partial charge in [-0.3, -0.25) is 0 Å². The Morgan fingerprint density at radius 1 is 1.30 bits per heavy atom. The lowest BCUT2D eigenvalue weighted by molar-refractivity contribution is 1.01. The smallest absolute Gasteiger partial charge is 0.222 e. The zero-order valence-electron chi connectivity index (χ0n) is 12.6. The van der Waals surface area contributed by atoms with Gasteiger partial charge in [-0.2, -0.15) is 0 Å². The first-order valence-electron chi connectivity index (χ1n) is 7.29. The molecule has 0 atom stereocenters. The Morgan fingerprint density at radius 2 is 2.04 bits per heavy atom. The van der Waals surface area contributed by atoms with Crippen molar-refractivity contribution in [3.05, 3.63) is 38.5 Å². The fourth-order valence-electron chi connectivity index (χ4n) is 2.34. The molecule has 0 spiro atoms. The summed E-state index contributed by atoms with van der Waals surface area (Å²) in [5.41, 5.74) is 14.6. The van der Waals surface area contributed by atoms with Crippen LogP contribution in [0.5, 0.6) is 0 Å². The Bertz CT molecular complexity index is 775. The molecular formula is C15H17BrN6O. The number of nitrogen functional groups attached to an aromatic ring is 2. The van der Waals surface area contributed by atoms with E-state index in [-0.39, 0.29) is 11.5 Å². The Hall–Kier alpha value is -2.22. The van der Waals surface area contributed by atoms with E-state index in [1.807, 2.05) is 12.1 Å². The van der Waals surface area contributed by atoms with Crippen molar-refractivity contribution in [1.29, 1.82) is 0 Å². The van der Waals surface area contributed by atoms with Gasteiger partial charge in [-0.05, 0) is 53.0 Å². The van der Waals surface area contributed by atoms with Gasteiger partial charge in [-0.15, -0.1) is 4.91 Å². The number of aryl methyl sites for hydroxylation is 1. The van der Waals surface area contributed by atoms with Crippen molar-refractivity contribution in [2.75, 3.05) is 16.8 Å². The average molecular weight is 377 g/mol. The summed E-state index contributed by atoms with van der Waals surface area (Å²) in [7, 11) is 0. The van der Waals surface area contributed by atoms with Gasteiger partial charge in [-0.25, -0.2) is 9.97 Å². The lowest BCUT2D eigenvalue weighted by Gasteiger charge is -2.13. The van der Waals surface area contributed by atoms with E-state index in [0.717, 1.165) is 21.5 Å². The number of aromatic nitrogens is 2. The molecule has 1 fully saturated rings. The Labute approximate surface area is 142 Å². The predicted molar refractivity (Wildman–Crippen MR) is 94.6 cm³/mol. The summed E-state index contributed by atoms with van der Waals surface area (Å²) in [6.45, 7) is 1.78. The van der Waals surface area contributed by atoms with Crippen LogP contribution in [-0.4, -0.2) is 16.0 Å². The van der Waals surface area contributed by atoms with Gasteiger partial charge < -0.3 is 16.8 Å². The van der Waals surface area contributed by atoms with Gasteiger partial charge in [0, 0.05) is 29.4 Å². The van der Waals surface area contributed by atoms with Crippen LogP contribution in [0.2, 0.25) is 0 Å². The van der Waals surface area contributed by atoms with Crippen LogP contribution in [-0.2, 0) is 6.42 Å². The second-order valence-corrected chi connectivity index (χ2v) is 6.50. The van der Waals surface area contributed by atoms with Crippen molar-refractivity contribution in [3.63, 3.8) is 0 Å². The summed E-state index contributed by atoms with van der Waals surface area (Å²) in [5.74, 6) is 0.761. The van der Waals surface area contributed by atoms with Crippen LogP contribution in [0.1, 0.15) is 29.8 Å². The lowest BCUT2D eigenvalue weighted by atomic mass is 10.0. The maximum absolute atomic E-state index is 10.7. The first-order chi connectivity index (χ1) is 11.0. The van der Waals surface area contributed by atoms with E-state index in [4.69, 9.17) is 11.5 Å². The first-order valence-corrected chi connectivity index (χ1v) is 8.08. The Kier molecular flexibility index (Phi) is 4.16. The summed E-state index contributed by atoms with van der Waals surface area (Å²) in [5, 5.41) is 6.19. The number of hydrogen-bond acceptors (Lipinski definition) is 7. The van der Waals surface area contributed by atoms with Crippen molar-refractivity contribution in [3.8, 4) is 0 Å². The third-order valence-electron chi connectivity index (χ3n) is 3.83. The Morgan fingerprint density at radius 3 is 2.70 bits per heavy atom. The number of nitrogens with one attached hydrogen (secondary N) is 1. The summed E-state index contributed by atoms with van der Waals surface area (Å²) >= 11 is 3.50. The molecule has 1 aliphatic rings. The molecule has 120 valence electrons. The second-order valence-electron chi connectivity index (χ2n) is 5.65. The van der Waals surface area contributed by atoms with Crippen molar-refractivity contribution < 1.29 is 0 Å². The van der Waals surface area contributed by atoms with Crippen LogP contribution < -0.4 is 16.8 Å². The van der Waals surface area contributed by atoms with Gasteiger partial charge in [0.05, 0.1) is 10.2 Å². The molecular weight excluding hydrogens is 360 g/mol. The van der Waals surface area contributed by atoms with Crippen LogP contribution in [0, 0.1) is 11.8 Å². The molecule has 0 unspecified atom stereocenters. The number of rotatable bonds is 5. The zero-order valence-corrected chi connectivity index (χ0v) is 14.2. The third kappa shape index (κ3) is 3.26. The summed E-state index contributed by atoms with van der Waals surface area (Å²) in [6.07, 6.45) is 2.83. The molecule has 8 heteroatoms. The van der Waals surface area contributed by atoms with E-state index in [0.29, 0.717) is 23.8 Å². The van der Waals surface area contributed by atoms with Gasteiger partial charge >= 0.3 is 0 Å². The quantitative estimate of drug-likeness (QED) is 0.688. The largest absolute Gasteiger partial charge is 0.397 e. The molecule has 0 saturated heterocycles. The summed E-state index contributed by atoms with van der Waals surface area (Å²) in [4.78, 5) is 19.5. The number of nitrogens with zero attached hydrogens (tertiary/aromatic N) is 3. The number of nitrogens with two attached hydrogens (primary N) is 2. The molecule has 0 radical (unpaired) electrons. The molecule has 0 bridgehead atoms. The predicted octanol–water partition coefficient (Wildman–Crippen LogP) is 3.27. The van der Waals surface area contributed by atoms with Crippen LogP contribution >= 0.6 is 15.9 Å². The standard InChI is InChI=1S/C15H17BrN6O/c1-7-10(12(17)13(18)15(19-7)22-23)6-9-4-5-11(16)14(21-9)20-8-2-3-8/h4-5,8H,2-3,6,18H2,1H3,(H2,17,19)(H,20,21). The SMILES string of the molecule is Cc1nc(N=O)c(N)c(N)c1Cc1ccc(Br)c(NC2CC2)n1. The van der Waals surface area contributed by atoms with E-state index in [9.17, 15) is 4.91 Å². The number of pyridine rings is 2. The fraction of sp³-hybridized carbons (Fsp3) is 0.333. The highest BCUT2D eigenvalue weighted by Gasteiger charge is 2.22. The monoisotopic (exact) mass is 376 g/mol. The topological polar surface area (TPSA) is 119 Å². The zero-order chi connectivity index (χ0) is 16.6. The number of hydrogen-bond donors (Lipinski definition) is 3. The molecule has 7 nitrogen and oxygen atoms in total. The van der Waals surface area contributed by atoms with Crippen LogP contribution in [0.15, 0.2) is 21.8 Å². The van der Waals surface area contributed by atoms with E-state index in [2.05, 4.69) is 36.4 Å². The molecule has 0 amide bonds. The minimum absolute atomic E-state index is 0.0661. The highest BCUT2D eigenvalue weighted by molar-refractivity contribution is 9.10. The van der Waals surface area contributed by atoms with Gasteiger partial charge in [0.2, 0.25) is 5.82 Å². The Balaban J connectivity index is 1.92. The molecule has 0 aliphatic heterocycles.